The third-order valence-corrected chi connectivity index (χ3v) is 4.34. The van der Waals surface area contributed by atoms with Gasteiger partial charge in [0.15, 0.2) is 0 Å². The van der Waals surface area contributed by atoms with Crippen LogP contribution in [0.2, 0.25) is 0 Å². The van der Waals surface area contributed by atoms with Gasteiger partial charge in [-0.2, -0.15) is 13.2 Å². The fourth-order valence-corrected chi connectivity index (χ4v) is 3.28. The zero-order chi connectivity index (χ0) is 16.3. The van der Waals surface area contributed by atoms with Gasteiger partial charge in [0.05, 0.1) is 10.9 Å². The molecule has 0 fully saturated rings. The average molecular weight is 326 g/mol. The summed E-state index contributed by atoms with van der Waals surface area (Å²) in [4.78, 5) is 12.9. The molecule has 0 atom stereocenters. The second-order valence-electron chi connectivity index (χ2n) is 6.02. The lowest BCUT2D eigenvalue weighted by Gasteiger charge is -2.20. The van der Waals surface area contributed by atoms with Crippen molar-refractivity contribution in [2.24, 2.45) is 0 Å². The molecule has 0 aliphatic heterocycles. The highest BCUT2D eigenvalue weighted by atomic mass is 32.1. The number of hydrogen-bond acceptors (Lipinski definition) is 5. The molecule has 0 saturated carbocycles. The molecule has 3 aromatic heterocycles. The van der Waals surface area contributed by atoms with Crippen LogP contribution in [0.15, 0.2) is 12.4 Å². The summed E-state index contributed by atoms with van der Waals surface area (Å²) in [5.74, 6) is 0.0343. The standard InChI is InChI=1S/C14H13F3N4S/c1-13(2,3)7-4-6(14(15,16)17)8-9-10(18)19-5-20-11(9)22-12(8)21-7/h4-5H,1-3H3,(H2,18,19,20). The number of pyridine rings is 1. The van der Waals surface area contributed by atoms with Crippen LogP contribution in [0.25, 0.3) is 20.4 Å². The van der Waals surface area contributed by atoms with E-state index in [9.17, 15) is 13.2 Å². The number of nitrogens with two attached hydrogens (primary N) is 1. The van der Waals surface area contributed by atoms with Crippen molar-refractivity contribution >= 4 is 37.6 Å². The molecular weight excluding hydrogens is 313 g/mol. The van der Waals surface area contributed by atoms with E-state index in [0.717, 1.165) is 17.4 Å². The number of nitrogen functional groups attached to an aromatic ring is 1. The second kappa shape index (κ2) is 4.52. The summed E-state index contributed by atoms with van der Waals surface area (Å²) >= 11 is 1.09. The molecule has 116 valence electrons. The van der Waals surface area contributed by atoms with Crippen molar-refractivity contribution < 1.29 is 13.2 Å². The first-order valence-corrected chi connectivity index (χ1v) is 7.32. The molecular formula is C14H13F3N4S. The fourth-order valence-electron chi connectivity index (χ4n) is 2.23. The Bertz CT molecular complexity index is 878. The number of thiophene rings is 1. The Hall–Kier alpha value is -1.96. The van der Waals surface area contributed by atoms with Crippen LogP contribution in [0.3, 0.4) is 0 Å². The molecule has 0 radical (unpaired) electrons. The van der Waals surface area contributed by atoms with Crippen LogP contribution in [0.1, 0.15) is 32.0 Å². The van der Waals surface area contributed by atoms with Crippen LogP contribution in [0, 0.1) is 0 Å². The molecule has 0 aliphatic carbocycles. The molecule has 0 unspecified atom stereocenters. The van der Waals surface area contributed by atoms with Gasteiger partial charge >= 0.3 is 6.18 Å². The van der Waals surface area contributed by atoms with Gasteiger partial charge in [-0.05, 0) is 6.07 Å². The van der Waals surface area contributed by atoms with E-state index in [1.54, 1.807) is 0 Å². The third-order valence-electron chi connectivity index (χ3n) is 3.35. The molecule has 0 aromatic carbocycles. The average Bonchev–Trinajstić information content (AvgIpc) is 2.74. The number of aromatic nitrogens is 3. The van der Waals surface area contributed by atoms with Crippen molar-refractivity contribution in [2.45, 2.75) is 32.4 Å². The molecule has 3 heterocycles. The van der Waals surface area contributed by atoms with Crippen LogP contribution < -0.4 is 5.73 Å². The van der Waals surface area contributed by atoms with Gasteiger partial charge in [-0.1, -0.05) is 32.1 Å². The predicted molar refractivity (Wildman–Crippen MR) is 80.8 cm³/mol. The van der Waals surface area contributed by atoms with Crippen molar-refractivity contribution in [3.63, 3.8) is 0 Å². The van der Waals surface area contributed by atoms with Crippen LogP contribution in [0.5, 0.6) is 0 Å². The number of hydrogen-bond donors (Lipinski definition) is 1. The monoisotopic (exact) mass is 326 g/mol. The van der Waals surface area contributed by atoms with E-state index in [1.165, 1.54) is 6.33 Å². The first kappa shape index (κ1) is 15.0. The minimum atomic E-state index is -4.50. The Kier molecular flexibility index (Phi) is 3.07. The van der Waals surface area contributed by atoms with E-state index < -0.39 is 17.2 Å². The number of rotatable bonds is 0. The lowest BCUT2D eigenvalue weighted by Crippen LogP contribution is -2.16. The van der Waals surface area contributed by atoms with Gasteiger partial charge in [0.25, 0.3) is 0 Å². The van der Waals surface area contributed by atoms with E-state index in [0.29, 0.717) is 10.5 Å². The molecule has 2 N–H and O–H groups in total. The molecule has 0 saturated heterocycles. The molecule has 0 bridgehead atoms. The maximum atomic E-state index is 13.5. The summed E-state index contributed by atoms with van der Waals surface area (Å²) in [6.45, 7) is 5.47. The molecule has 4 nitrogen and oxygen atoms in total. The van der Waals surface area contributed by atoms with E-state index in [2.05, 4.69) is 15.0 Å². The van der Waals surface area contributed by atoms with E-state index in [4.69, 9.17) is 5.73 Å². The summed E-state index contributed by atoms with van der Waals surface area (Å²) in [6.07, 6.45) is -3.26. The van der Waals surface area contributed by atoms with Crippen LogP contribution >= 0.6 is 11.3 Å². The summed E-state index contributed by atoms with van der Waals surface area (Å²) < 4.78 is 40.6. The Morgan fingerprint density at radius 3 is 2.32 bits per heavy atom. The van der Waals surface area contributed by atoms with Gasteiger partial charge in [0, 0.05) is 16.5 Å². The van der Waals surface area contributed by atoms with Crippen LogP contribution in [-0.2, 0) is 11.6 Å². The van der Waals surface area contributed by atoms with E-state index >= 15 is 0 Å². The first-order valence-electron chi connectivity index (χ1n) is 6.50. The predicted octanol–water partition coefficient (Wildman–Crippen LogP) is 4.14. The van der Waals surface area contributed by atoms with Crippen molar-refractivity contribution in [3.8, 4) is 0 Å². The number of fused-ring (bicyclic) bond motifs is 3. The highest BCUT2D eigenvalue weighted by Crippen LogP contribution is 2.43. The van der Waals surface area contributed by atoms with E-state index in [-0.39, 0.29) is 21.4 Å². The largest absolute Gasteiger partial charge is 0.417 e. The van der Waals surface area contributed by atoms with Crippen molar-refractivity contribution in [1.29, 1.82) is 0 Å². The second-order valence-corrected chi connectivity index (χ2v) is 7.00. The quantitative estimate of drug-likeness (QED) is 0.674. The minimum absolute atomic E-state index is 0.0152. The topological polar surface area (TPSA) is 64.7 Å². The molecule has 3 aromatic rings. The maximum Gasteiger partial charge on any atom is 0.417 e. The summed E-state index contributed by atoms with van der Waals surface area (Å²) in [5.41, 5.74) is 4.90. The molecule has 0 aliphatic rings. The molecule has 0 amide bonds. The number of alkyl halides is 3. The lowest BCUT2D eigenvalue weighted by atomic mass is 9.90. The Morgan fingerprint density at radius 1 is 1.05 bits per heavy atom. The van der Waals surface area contributed by atoms with Crippen molar-refractivity contribution in [1.82, 2.24) is 15.0 Å². The van der Waals surface area contributed by atoms with Crippen LogP contribution in [-0.4, -0.2) is 15.0 Å². The van der Waals surface area contributed by atoms with Gasteiger partial charge in [-0.15, -0.1) is 0 Å². The smallest absolute Gasteiger partial charge is 0.383 e. The van der Waals surface area contributed by atoms with Gasteiger partial charge < -0.3 is 5.73 Å². The van der Waals surface area contributed by atoms with Gasteiger partial charge in [0.2, 0.25) is 0 Å². The minimum Gasteiger partial charge on any atom is -0.383 e. The molecule has 3 rings (SSSR count). The molecule has 22 heavy (non-hydrogen) atoms. The number of anilines is 1. The maximum absolute atomic E-state index is 13.5. The highest BCUT2D eigenvalue weighted by molar-refractivity contribution is 7.25. The zero-order valence-corrected chi connectivity index (χ0v) is 12.9. The first-order chi connectivity index (χ1) is 10.1. The summed E-state index contributed by atoms with van der Waals surface area (Å²) in [7, 11) is 0. The molecule has 8 heteroatoms. The number of halogens is 3. The Balaban J connectivity index is 2.53. The Morgan fingerprint density at radius 2 is 1.73 bits per heavy atom. The van der Waals surface area contributed by atoms with Crippen molar-refractivity contribution in [3.05, 3.63) is 23.7 Å². The zero-order valence-electron chi connectivity index (χ0n) is 12.1. The summed E-state index contributed by atoms with van der Waals surface area (Å²) in [5, 5.41) is 0.210. The van der Waals surface area contributed by atoms with Gasteiger partial charge in [0.1, 0.15) is 21.8 Å². The van der Waals surface area contributed by atoms with Gasteiger partial charge in [-0.25, -0.2) is 15.0 Å². The highest BCUT2D eigenvalue weighted by Gasteiger charge is 2.36. The van der Waals surface area contributed by atoms with Gasteiger partial charge in [-0.3, -0.25) is 0 Å². The third kappa shape index (κ3) is 2.27. The number of nitrogens with zero attached hydrogens (tertiary/aromatic N) is 3. The molecule has 0 spiro atoms. The van der Waals surface area contributed by atoms with Crippen molar-refractivity contribution in [2.75, 3.05) is 5.73 Å². The lowest BCUT2D eigenvalue weighted by molar-refractivity contribution is -0.136. The van der Waals surface area contributed by atoms with Crippen LogP contribution in [0.4, 0.5) is 19.0 Å². The van der Waals surface area contributed by atoms with E-state index in [1.807, 2.05) is 20.8 Å². The summed E-state index contributed by atoms with van der Waals surface area (Å²) in [6, 6.07) is 1.10. The Labute approximate surface area is 128 Å². The fraction of sp³-hybridized carbons (Fsp3) is 0.357. The SMILES string of the molecule is CC(C)(C)c1cc(C(F)(F)F)c2c(n1)sc1ncnc(N)c12. The normalized spacial score (nSPS) is 13.2.